The van der Waals surface area contributed by atoms with E-state index in [1.165, 1.54) is 12.0 Å². The van der Waals surface area contributed by atoms with Crippen molar-refractivity contribution in [3.8, 4) is 0 Å². The molecule has 1 saturated carbocycles. The van der Waals surface area contributed by atoms with Crippen molar-refractivity contribution >= 4 is 12.1 Å². The molecular weight excluding hydrogens is 334 g/mol. The molecule has 1 heterocycles. The number of esters is 1. The first-order chi connectivity index (χ1) is 12.4. The minimum Gasteiger partial charge on any atom is -0.467 e. The largest absolute Gasteiger partial charge is 0.467 e. The maximum absolute atomic E-state index is 12.8. The zero-order chi connectivity index (χ0) is 18.9. The van der Waals surface area contributed by atoms with E-state index < -0.39 is 29.6 Å². The molecule has 140 valence electrons. The standard InChI is InChI=1S/C20H25NO5/c1-4-10-20(2)16-14(11-15(16)22)21(17(20)18(23)25-3)19(24)26-12-13-8-6-5-7-9-13/h4-9,14-17,22H,1,10-12H2,2-3H3/t14?,15-,16?,17?,20?/m1/s1. The van der Waals surface area contributed by atoms with Crippen molar-refractivity contribution in [2.75, 3.05) is 7.11 Å². The normalized spacial score (nSPS) is 32.3. The summed E-state index contributed by atoms with van der Waals surface area (Å²) in [6.45, 7) is 5.81. The first-order valence-electron chi connectivity index (χ1n) is 8.80. The summed E-state index contributed by atoms with van der Waals surface area (Å²) in [7, 11) is 1.31. The Kier molecular flexibility index (Phi) is 5.05. The van der Waals surface area contributed by atoms with E-state index in [4.69, 9.17) is 9.47 Å². The lowest BCUT2D eigenvalue weighted by Gasteiger charge is -2.44. The molecule has 0 spiro atoms. The van der Waals surface area contributed by atoms with Crippen LogP contribution >= 0.6 is 0 Å². The summed E-state index contributed by atoms with van der Waals surface area (Å²) in [5.74, 6) is -0.693. The number of likely N-dealkylation sites (tertiary alicyclic amines) is 1. The number of carbonyl (C=O) groups is 2. The van der Waals surface area contributed by atoms with Gasteiger partial charge < -0.3 is 14.6 Å². The molecule has 6 nitrogen and oxygen atoms in total. The minimum absolute atomic E-state index is 0.127. The predicted octanol–water partition coefficient (Wildman–Crippen LogP) is 2.51. The number of carbonyl (C=O) groups excluding carboxylic acids is 2. The number of rotatable bonds is 5. The van der Waals surface area contributed by atoms with Gasteiger partial charge in [0.2, 0.25) is 0 Å². The molecule has 3 rings (SSSR count). The number of ether oxygens (including phenoxy) is 2. The lowest BCUT2D eigenvalue weighted by Crippen LogP contribution is -2.53. The molecule has 1 aromatic carbocycles. The van der Waals surface area contributed by atoms with Gasteiger partial charge in [0.15, 0.2) is 0 Å². The van der Waals surface area contributed by atoms with Crippen LogP contribution < -0.4 is 0 Å². The highest BCUT2D eigenvalue weighted by Crippen LogP contribution is 2.57. The van der Waals surface area contributed by atoms with E-state index in [9.17, 15) is 14.7 Å². The monoisotopic (exact) mass is 359 g/mol. The number of methoxy groups -OCH3 is 1. The first kappa shape index (κ1) is 18.5. The average molecular weight is 359 g/mol. The number of amides is 1. The Morgan fingerprint density at radius 3 is 2.65 bits per heavy atom. The minimum atomic E-state index is -0.805. The molecule has 0 aromatic heterocycles. The van der Waals surface area contributed by atoms with Gasteiger partial charge in [0.25, 0.3) is 0 Å². The molecule has 1 N–H and O–H groups in total. The number of hydrogen-bond acceptors (Lipinski definition) is 5. The molecule has 5 atom stereocenters. The van der Waals surface area contributed by atoms with Crippen LogP contribution in [0.25, 0.3) is 0 Å². The van der Waals surface area contributed by atoms with Gasteiger partial charge in [-0.2, -0.15) is 0 Å². The third-order valence-corrected chi connectivity index (χ3v) is 5.76. The zero-order valence-electron chi connectivity index (χ0n) is 15.1. The van der Waals surface area contributed by atoms with Gasteiger partial charge in [0.1, 0.15) is 12.6 Å². The van der Waals surface area contributed by atoms with Gasteiger partial charge in [-0.05, 0) is 18.4 Å². The van der Waals surface area contributed by atoms with Gasteiger partial charge in [-0.25, -0.2) is 9.59 Å². The molecule has 1 amide bonds. The fraction of sp³-hybridized carbons (Fsp3) is 0.500. The Hall–Kier alpha value is -2.34. The van der Waals surface area contributed by atoms with Gasteiger partial charge in [-0.3, -0.25) is 4.90 Å². The van der Waals surface area contributed by atoms with Crippen LogP contribution in [0.3, 0.4) is 0 Å². The van der Waals surface area contributed by atoms with Crippen molar-refractivity contribution in [3.05, 3.63) is 48.6 Å². The van der Waals surface area contributed by atoms with Gasteiger partial charge in [-0.15, -0.1) is 6.58 Å². The van der Waals surface area contributed by atoms with E-state index in [1.807, 2.05) is 37.3 Å². The summed E-state index contributed by atoms with van der Waals surface area (Å²) in [4.78, 5) is 26.8. The van der Waals surface area contributed by atoms with Crippen LogP contribution in [0.4, 0.5) is 4.79 Å². The molecule has 1 aliphatic carbocycles. The highest BCUT2D eigenvalue weighted by molar-refractivity contribution is 5.84. The smallest absolute Gasteiger partial charge is 0.411 e. The third kappa shape index (κ3) is 2.88. The van der Waals surface area contributed by atoms with Crippen LogP contribution in [-0.2, 0) is 20.9 Å². The van der Waals surface area contributed by atoms with Crippen molar-refractivity contribution < 1.29 is 24.2 Å². The molecule has 2 fully saturated rings. The summed E-state index contributed by atoms with van der Waals surface area (Å²) < 4.78 is 10.4. The van der Waals surface area contributed by atoms with Crippen molar-refractivity contribution in [1.82, 2.24) is 4.90 Å². The van der Waals surface area contributed by atoms with E-state index in [2.05, 4.69) is 6.58 Å². The quantitative estimate of drug-likeness (QED) is 0.646. The summed E-state index contributed by atoms with van der Waals surface area (Å²) in [6, 6.07) is 8.33. The third-order valence-electron chi connectivity index (χ3n) is 5.76. The van der Waals surface area contributed by atoms with E-state index in [1.54, 1.807) is 6.08 Å². The highest BCUT2D eigenvalue weighted by Gasteiger charge is 2.67. The second-order valence-electron chi connectivity index (χ2n) is 7.27. The van der Waals surface area contributed by atoms with E-state index in [0.29, 0.717) is 12.8 Å². The summed E-state index contributed by atoms with van der Waals surface area (Å²) >= 11 is 0. The second-order valence-corrected chi connectivity index (χ2v) is 7.27. The maximum Gasteiger partial charge on any atom is 0.411 e. The molecule has 0 bridgehead atoms. The van der Waals surface area contributed by atoms with Gasteiger partial charge >= 0.3 is 12.1 Å². The molecule has 6 heteroatoms. The Labute approximate surface area is 153 Å². The lowest BCUT2D eigenvalue weighted by atomic mass is 9.61. The number of allylic oxidation sites excluding steroid dienone is 1. The van der Waals surface area contributed by atoms with Crippen LogP contribution in [0.1, 0.15) is 25.3 Å². The number of nitrogens with zero attached hydrogens (tertiary/aromatic N) is 1. The van der Waals surface area contributed by atoms with Crippen LogP contribution in [0, 0.1) is 11.3 Å². The predicted molar refractivity (Wildman–Crippen MR) is 95.1 cm³/mol. The summed E-state index contributed by atoms with van der Waals surface area (Å²) in [5.41, 5.74) is 0.233. The first-order valence-corrected chi connectivity index (χ1v) is 8.80. The van der Waals surface area contributed by atoms with Crippen molar-refractivity contribution in [2.24, 2.45) is 11.3 Å². The van der Waals surface area contributed by atoms with Crippen molar-refractivity contribution in [3.63, 3.8) is 0 Å². The molecule has 26 heavy (non-hydrogen) atoms. The Morgan fingerprint density at radius 2 is 2.08 bits per heavy atom. The van der Waals surface area contributed by atoms with Crippen LogP contribution in [0.15, 0.2) is 43.0 Å². The van der Waals surface area contributed by atoms with E-state index in [-0.39, 0.29) is 18.6 Å². The molecule has 2 aliphatic rings. The number of aliphatic hydroxyl groups is 1. The Morgan fingerprint density at radius 1 is 1.38 bits per heavy atom. The fourth-order valence-corrected chi connectivity index (χ4v) is 4.55. The Bertz CT molecular complexity index is 691. The number of fused-ring (bicyclic) bond motifs is 1. The lowest BCUT2D eigenvalue weighted by molar-refractivity contribution is -0.149. The molecule has 1 saturated heterocycles. The second kappa shape index (κ2) is 7.11. The van der Waals surface area contributed by atoms with Crippen LogP contribution in [0.5, 0.6) is 0 Å². The SMILES string of the molecule is C=CCC1(C)C2C(C[C@H]2O)N(C(=O)OCc2ccccc2)C1C(=O)OC. The van der Waals surface area contributed by atoms with Gasteiger partial charge in [0, 0.05) is 17.4 Å². The van der Waals surface area contributed by atoms with Crippen LogP contribution in [0.2, 0.25) is 0 Å². The zero-order valence-corrected chi connectivity index (χ0v) is 15.1. The molecule has 1 aliphatic heterocycles. The van der Waals surface area contributed by atoms with Gasteiger partial charge in [-0.1, -0.05) is 43.3 Å². The van der Waals surface area contributed by atoms with E-state index in [0.717, 1.165) is 5.56 Å². The number of hydrogen-bond donors (Lipinski definition) is 1. The average Bonchev–Trinajstić information content (AvgIpc) is 2.83. The molecule has 0 radical (unpaired) electrons. The van der Waals surface area contributed by atoms with Crippen molar-refractivity contribution in [1.29, 1.82) is 0 Å². The number of benzene rings is 1. The molecule has 4 unspecified atom stereocenters. The number of aliphatic hydroxyl groups excluding tert-OH is 1. The molecule has 1 aromatic rings. The fourth-order valence-electron chi connectivity index (χ4n) is 4.55. The topological polar surface area (TPSA) is 76.1 Å². The summed E-state index contributed by atoms with van der Waals surface area (Å²) in [6.07, 6.45) is 1.54. The van der Waals surface area contributed by atoms with E-state index >= 15 is 0 Å². The molecular formula is C20H25NO5. The van der Waals surface area contributed by atoms with Crippen molar-refractivity contribution in [2.45, 2.75) is 44.6 Å². The van der Waals surface area contributed by atoms with Gasteiger partial charge in [0.05, 0.1) is 13.2 Å². The highest BCUT2D eigenvalue weighted by atomic mass is 16.6. The van der Waals surface area contributed by atoms with Crippen LogP contribution in [-0.4, -0.2) is 47.4 Å². The Balaban J connectivity index is 1.85. The maximum atomic E-state index is 12.8. The summed E-state index contributed by atoms with van der Waals surface area (Å²) in [5, 5.41) is 10.3.